The lowest BCUT2D eigenvalue weighted by Crippen LogP contribution is -2.43. The zero-order valence-corrected chi connectivity index (χ0v) is 12.2. The molecule has 0 spiro atoms. The van der Waals surface area contributed by atoms with E-state index in [0.29, 0.717) is 6.04 Å². The van der Waals surface area contributed by atoms with E-state index in [1.165, 1.54) is 19.4 Å². The van der Waals surface area contributed by atoms with Gasteiger partial charge in [0.05, 0.1) is 11.8 Å². The Hall–Kier alpha value is -1.29. The maximum Gasteiger partial charge on any atom is 0.257 e. The van der Waals surface area contributed by atoms with E-state index in [1.54, 1.807) is 6.26 Å². The molecule has 2 fully saturated rings. The minimum atomic E-state index is 0.147. The van der Waals surface area contributed by atoms with E-state index < -0.39 is 0 Å². The van der Waals surface area contributed by atoms with E-state index in [2.05, 4.69) is 5.32 Å². The fourth-order valence-corrected chi connectivity index (χ4v) is 3.59. The number of piperidine rings is 1. The summed E-state index contributed by atoms with van der Waals surface area (Å²) in [5.74, 6) is 1.71. The standard InChI is InChI=1S/C16H24N2O2/c1-2-15-13(7-11-20-15)16(19)18-9-5-12(6-10-18)14-4-3-8-17-14/h7,11-12,14,17H,2-6,8-10H2,1H3. The van der Waals surface area contributed by atoms with Gasteiger partial charge in [0.1, 0.15) is 5.76 Å². The van der Waals surface area contributed by atoms with Gasteiger partial charge in [0, 0.05) is 25.6 Å². The van der Waals surface area contributed by atoms with Crippen LogP contribution in [0.15, 0.2) is 16.7 Å². The average molecular weight is 276 g/mol. The van der Waals surface area contributed by atoms with Crippen LogP contribution in [0, 0.1) is 5.92 Å². The van der Waals surface area contributed by atoms with Gasteiger partial charge < -0.3 is 14.6 Å². The molecule has 2 aliphatic rings. The molecule has 4 nitrogen and oxygen atoms in total. The van der Waals surface area contributed by atoms with Crippen molar-refractivity contribution in [1.29, 1.82) is 0 Å². The first kappa shape index (κ1) is 13.7. The van der Waals surface area contributed by atoms with Crippen molar-refractivity contribution in [2.45, 2.75) is 45.1 Å². The molecule has 3 rings (SSSR count). The maximum absolute atomic E-state index is 12.5. The Labute approximate surface area is 120 Å². The third kappa shape index (κ3) is 2.62. The van der Waals surface area contributed by atoms with Gasteiger partial charge in [0.25, 0.3) is 5.91 Å². The second-order valence-electron chi connectivity index (χ2n) is 5.94. The van der Waals surface area contributed by atoms with Gasteiger partial charge in [-0.3, -0.25) is 4.79 Å². The summed E-state index contributed by atoms with van der Waals surface area (Å²) in [7, 11) is 0. The zero-order valence-electron chi connectivity index (χ0n) is 12.2. The van der Waals surface area contributed by atoms with Crippen molar-refractivity contribution >= 4 is 5.91 Å². The molecule has 3 heterocycles. The molecule has 1 atom stereocenters. The highest BCUT2D eigenvalue weighted by atomic mass is 16.3. The molecule has 4 heteroatoms. The summed E-state index contributed by atoms with van der Waals surface area (Å²) in [5, 5.41) is 3.60. The fourth-order valence-electron chi connectivity index (χ4n) is 3.59. The molecular formula is C16H24N2O2. The van der Waals surface area contributed by atoms with Crippen molar-refractivity contribution in [1.82, 2.24) is 10.2 Å². The van der Waals surface area contributed by atoms with E-state index in [-0.39, 0.29) is 5.91 Å². The monoisotopic (exact) mass is 276 g/mol. The molecule has 110 valence electrons. The van der Waals surface area contributed by atoms with Gasteiger partial charge in [-0.25, -0.2) is 0 Å². The number of amides is 1. The zero-order chi connectivity index (χ0) is 13.9. The molecule has 1 amide bonds. The Morgan fingerprint density at radius 2 is 2.20 bits per heavy atom. The first-order chi connectivity index (χ1) is 9.79. The van der Waals surface area contributed by atoms with Crippen LogP contribution in [0.3, 0.4) is 0 Å². The van der Waals surface area contributed by atoms with E-state index in [0.717, 1.165) is 49.6 Å². The van der Waals surface area contributed by atoms with E-state index in [9.17, 15) is 4.79 Å². The summed E-state index contributed by atoms with van der Waals surface area (Å²) in [4.78, 5) is 14.5. The minimum Gasteiger partial charge on any atom is -0.469 e. The van der Waals surface area contributed by atoms with Crippen molar-refractivity contribution in [2.24, 2.45) is 5.92 Å². The van der Waals surface area contributed by atoms with E-state index in [4.69, 9.17) is 4.42 Å². The molecule has 0 aliphatic carbocycles. The van der Waals surface area contributed by atoms with Crippen LogP contribution in [0.1, 0.15) is 48.7 Å². The molecule has 1 N–H and O–H groups in total. The van der Waals surface area contributed by atoms with Gasteiger partial charge >= 0.3 is 0 Å². The number of furan rings is 1. The quantitative estimate of drug-likeness (QED) is 0.922. The molecule has 1 aromatic heterocycles. The number of likely N-dealkylation sites (tertiary alicyclic amines) is 1. The lowest BCUT2D eigenvalue weighted by molar-refractivity contribution is 0.0672. The molecule has 0 bridgehead atoms. The first-order valence-corrected chi connectivity index (χ1v) is 7.88. The Balaban J connectivity index is 1.59. The molecule has 0 aromatic carbocycles. The van der Waals surface area contributed by atoms with Crippen molar-refractivity contribution in [2.75, 3.05) is 19.6 Å². The Morgan fingerprint density at radius 3 is 2.85 bits per heavy atom. The number of nitrogens with zero attached hydrogens (tertiary/aromatic N) is 1. The topological polar surface area (TPSA) is 45.5 Å². The first-order valence-electron chi connectivity index (χ1n) is 7.88. The van der Waals surface area contributed by atoms with Crippen molar-refractivity contribution in [3.05, 3.63) is 23.7 Å². The van der Waals surface area contributed by atoms with Crippen LogP contribution in [-0.4, -0.2) is 36.5 Å². The highest BCUT2D eigenvalue weighted by molar-refractivity contribution is 5.95. The average Bonchev–Trinajstić information content (AvgIpc) is 3.17. The molecule has 0 saturated carbocycles. The van der Waals surface area contributed by atoms with E-state index in [1.807, 2.05) is 17.9 Å². The second kappa shape index (κ2) is 6.00. The summed E-state index contributed by atoms with van der Waals surface area (Å²) >= 11 is 0. The van der Waals surface area contributed by atoms with Gasteiger partial charge in [0.15, 0.2) is 0 Å². The number of hydrogen-bond acceptors (Lipinski definition) is 3. The summed E-state index contributed by atoms with van der Waals surface area (Å²) in [5.41, 5.74) is 0.755. The van der Waals surface area contributed by atoms with Crippen LogP contribution in [0.5, 0.6) is 0 Å². The van der Waals surface area contributed by atoms with Crippen LogP contribution >= 0.6 is 0 Å². The normalized spacial score (nSPS) is 24.2. The Bertz CT molecular complexity index is 455. The van der Waals surface area contributed by atoms with Crippen molar-refractivity contribution in [3.63, 3.8) is 0 Å². The third-order valence-electron chi connectivity index (χ3n) is 4.79. The summed E-state index contributed by atoms with van der Waals surface area (Å²) in [6.07, 6.45) is 7.27. The van der Waals surface area contributed by atoms with Gasteiger partial charge in [-0.2, -0.15) is 0 Å². The second-order valence-corrected chi connectivity index (χ2v) is 5.94. The van der Waals surface area contributed by atoms with Gasteiger partial charge in [0.2, 0.25) is 0 Å². The maximum atomic E-state index is 12.5. The van der Waals surface area contributed by atoms with Crippen LogP contribution in [0.4, 0.5) is 0 Å². The number of carbonyl (C=O) groups is 1. The molecule has 1 unspecified atom stereocenters. The van der Waals surface area contributed by atoms with Crippen LogP contribution in [0.2, 0.25) is 0 Å². The molecule has 1 aromatic rings. The predicted molar refractivity (Wildman–Crippen MR) is 77.7 cm³/mol. The molecular weight excluding hydrogens is 252 g/mol. The molecule has 2 saturated heterocycles. The Morgan fingerprint density at radius 1 is 1.40 bits per heavy atom. The SMILES string of the molecule is CCc1occc1C(=O)N1CCC(C2CCCN2)CC1. The molecule has 0 radical (unpaired) electrons. The van der Waals surface area contributed by atoms with Crippen molar-refractivity contribution in [3.8, 4) is 0 Å². The number of nitrogens with one attached hydrogen (secondary N) is 1. The van der Waals surface area contributed by atoms with Crippen LogP contribution in [-0.2, 0) is 6.42 Å². The largest absolute Gasteiger partial charge is 0.469 e. The highest BCUT2D eigenvalue weighted by Crippen LogP contribution is 2.27. The number of hydrogen-bond donors (Lipinski definition) is 1. The number of aryl methyl sites for hydroxylation is 1. The fraction of sp³-hybridized carbons (Fsp3) is 0.688. The van der Waals surface area contributed by atoms with Crippen LogP contribution in [0.25, 0.3) is 0 Å². The number of carbonyl (C=O) groups excluding carboxylic acids is 1. The predicted octanol–water partition coefficient (Wildman–Crippen LogP) is 2.45. The van der Waals surface area contributed by atoms with Crippen LogP contribution < -0.4 is 5.32 Å². The minimum absolute atomic E-state index is 0.147. The third-order valence-corrected chi connectivity index (χ3v) is 4.79. The smallest absolute Gasteiger partial charge is 0.257 e. The summed E-state index contributed by atoms with van der Waals surface area (Å²) < 4.78 is 5.37. The lowest BCUT2D eigenvalue weighted by atomic mass is 9.88. The van der Waals surface area contributed by atoms with Gasteiger partial charge in [-0.05, 0) is 44.2 Å². The lowest BCUT2D eigenvalue weighted by Gasteiger charge is -2.34. The number of rotatable bonds is 3. The van der Waals surface area contributed by atoms with E-state index >= 15 is 0 Å². The molecule has 20 heavy (non-hydrogen) atoms. The summed E-state index contributed by atoms with van der Waals surface area (Å²) in [6.45, 7) is 4.96. The summed E-state index contributed by atoms with van der Waals surface area (Å²) in [6, 6.07) is 2.50. The molecule has 2 aliphatic heterocycles. The van der Waals surface area contributed by atoms with Gasteiger partial charge in [-0.1, -0.05) is 6.92 Å². The van der Waals surface area contributed by atoms with Gasteiger partial charge in [-0.15, -0.1) is 0 Å². The Kier molecular flexibility index (Phi) is 4.10. The highest BCUT2D eigenvalue weighted by Gasteiger charge is 2.30. The van der Waals surface area contributed by atoms with Crippen molar-refractivity contribution < 1.29 is 9.21 Å².